The fourth-order valence-electron chi connectivity index (χ4n) is 3.30. The van der Waals surface area contributed by atoms with E-state index in [1.807, 2.05) is 48.5 Å². The van der Waals surface area contributed by atoms with Crippen molar-refractivity contribution in [2.45, 2.75) is 18.5 Å². The Balaban J connectivity index is 1.82. The van der Waals surface area contributed by atoms with Gasteiger partial charge in [-0.25, -0.2) is 0 Å². The van der Waals surface area contributed by atoms with Crippen molar-refractivity contribution >= 4 is 11.9 Å². The molecule has 8 nitrogen and oxygen atoms in total. The highest BCUT2D eigenvalue weighted by molar-refractivity contribution is 5.87. The highest BCUT2D eigenvalue weighted by Gasteiger charge is 2.44. The fourth-order valence-corrected chi connectivity index (χ4v) is 3.30. The van der Waals surface area contributed by atoms with Crippen LogP contribution in [0.4, 0.5) is 0 Å². The Morgan fingerprint density at radius 2 is 1.74 bits per heavy atom. The molecule has 0 fully saturated rings. The average Bonchev–Trinajstić information content (AvgIpc) is 2.99. The van der Waals surface area contributed by atoms with Crippen LogP contribution < -0.4 is 5.73 Å². The van der Waals surface area contributed by atoms with Gasteiger partial charge in [-0.15, -0.1) is 0 Å². The van der Waals surface area contributed by atoms with Crippen molar-refractivity contribution in [1.82, 2.24) is 0 Å². The Labute approximate surface area is 155 Å². The van der Waals surface area contributed by atoms with E-state index in [2.05, 4.69) is 10.0 Å². The third-order valence-corrected chi connectivity index (χ3v) is 4.92. The van der Waals surface area contributed by atoms with Gasteiger partial charge in [-0.3, -0.25) is 9.59 Å². The topological polar surface area (TPSA) is 138 Å². The van der Waals surface area contributed by atoms with Gasteiger partial charge < -0.3 is 15.6 Å². The minimum absolute atomic E-state index is 0.0309. The average molecular weight is 366 g/mol. The molecule has 1 aliphatic rings. The number of fused-ring (bicyclic) bond motifs is 3. The molecule has 0 radical (unpaired) electrons. The molecular formula is C19H18N4O4. The number of esters is 1. The highest BCUT2D eigenvalue weighted by atomic mass is 16.5. The van der Waals surface area contributed by atoms with E-state index in [0.29, 0.717) is 0 Å². The summed E-state index contributed by atoms with van der Waals surface area (Å²) in [5.41, 5.74) is 16.0. The maximum atomic E-state index is 12.4. The predicted molar refractivity (Wildman–Crippen MR) is 97.5 cm³/mol. The number of nitrogens with two attached hydrogens (primary N) is 1. The van der Waals surface area contributed by atoms with Gasteiger partial charge >= 0.3 is 11.9 Å². The van der Waals surface area contributed by atoms with Crippen LogP contribution in [0.25, 0.3) is 21.6 Å². The summed E-state index contributed by atoms with van der Waals surface area (Å²) >= 11 is 0. The van der Waals surface area contributed by atoms with Crippen molar-refractivity contribution in [3.8, 4) is 11.1 Å². The number of rotatable bonds is 6. The van der Waals surface area contributed by atoms with E-state index < -0.39 is 23.5 Å². The quantitative estimate of drug-likeness (QED) is 0.350. The predicted octanol–water partition coefficient (Wildman–Crippen LogP) is 3.03. The van der Waals surface area contributed by atoms with Crippen molar-refractivity contribution in [2.24, 2.45) is 16.8 Å². The van der Waals surface area contributed by atoms with Crippen molar-refractivity contribution in [3.63, 3.8) is 0 Å². The summed E-state index contributed by atoms with van der Waals surface area (Å²) in [4.78, 5) is 26.2. The smallest absolute Gasteiger partial charge is 0.330 e. The van der Waals surface area contributed by atoms with Gasteiger partial charge in [-0.05, 0) is 34.7 Å². The molecule has 0 aromatic heterocycles. The van der Waals surface area contributed by atoms with Crippen molar-refractivity contribution < 1.29 is 19.4 Å². The third-order valence-electron chi connectivity index (χ3n) is 4.92. The number of benzene rings is 2. The molecule has 2 atom stereocenters. The molecule has 3 rings (SSSR count). The Kier molecular flexibility index (Phi) is 4.85. The van der Waals surface area contributed by atoms with Crippen LogP contribution in [0.15, 0.2) is 53.6 Å². The van der Waals surface area contributed by atoms with Crippen molar-refractivity contribution in [1.29, 1.82) is 0 Å². The standard InChI is InChI=1S/C19H18N4O4/c1-11(19(20,18(25)26)22-23-21)17(24)27-10-16-14-8-4-2-6-12(14)13-7-3-5-9-15(13)16/h2-9,11,16H,10,20H2,1H3,(H,25,26). The number of nitrogens with zero attached hydrogens (tertiary/aromatic N) is 3. The van der Waals surface area contributed by atoms with Gasteiger partial charge in [-0.2, -0.15) is 0 Å². The molecule has 8 heteroatoms. The van der Waals surface area contributed by atoms with Gasteiger partial charge in [0.25, 0.3) is 0 Å². The Morgan fingerprint density at radius 1 is 1.22 bits per heavy atom. The molecule has 0 heterocycles. The van der Waals surface area contributed by atoms with Gasteiger partial charge in [0.2, 0.25) is 5.66 Å². The lowest BCUT2D eigenvalue weighted by atomic mass is 9.95. The zero-order valence-electron chi connectivity index (χ0n) is 14.6. The summed E-state index contributed by atoms with van der Waals surface area (Å²) < 4.78 is 5.38. The lowest BCUT2D eigenvalue weighted by molar-refractivity contribution is -0.158. The van der Waals surface area contributed by atoms with Crippen molar-refractivity contribution in [2.75, 3.05) is 6.61 Å². The second kappa shape index (κ2) is 7.11. The Morgan fingerprint density at radius 3 is 2.22 bits per heavy atom. The second-order valence-corrected chi connectivity index (χ2v) is 6.40. The zero-order valence-corrected chi connectivity index (χ0v) is 14.6. The van der Waals surface area contributed by atoms with Gasteiger partial charge in [-0.1, -0.05) is 53.6 Å². The van der Waals surface area contributed by atoms with Gasteiger partial charge in [0.05, 0.1) is 5.92 Å². The van der Waals surface area contributed by atoms with Crippen LogP contribution >= 0.6 is 0 Å². The van der Waals surface area contributed by atoms with Crippen LogP contribution in [0.3, 0.4) is 0 Å². The van der Waals surface area contributed by atoms with Crippen LogP contribution in [-0.4, -0.2) is 29.3 Å². The Bertz CT molecular complexity index is 905. The summed E-state index contributed by atoms with van der Waals surface area (Å²) in [6.07, 6.45) is 0. The molecule has 2 aromatic rings. The molecule has 0 saturated heterocycles. The van der Waals surface area contributed by atoms with Crippen LogP contribution in [0.2, 0.25) is 0 Å². The number of hydrogen-bond donors (Lipinski definition) is 2. The number of carboxylic acids is 1. The van der Waals surface area contributed by atoms with E-state index in [-0.39, 0.29) is 12.5 Å². The minimum Gasteiger partial charge on any atom is -0.480 e. The number of carbonyl (C=O) groups is 2. The number of carbonyl (C=O) groups excluding carboxylic acids is 1. The first kappa shape index (κ1) is 18.4. The van der Waals surface area contributed by atoms with Crippen LogP contribution in [-0.2, 0) is 14.3 Å². The third kappa shape index (κ3) is 3.12. The summed E-state index contributed by atoms with van der Waals surface area (Å²) in [6, 6.07) is 15.7. The first-order valence-corrected chi connectivity index (χ1v) is 8.33. The van der Waals surface area contributed by atoms with Crippen molar-refractivity contribution in [3.05, 3.63) is 70.1 Å². The SMILES string of the molecule is CC(C(=O)OCC1c2ccccc2-c2ccccc21)C(N)(N=[N+]=[N-])C(=O)O. The molecule has 0 saturated carbocycles. The molecule has 0 amide bonds. The first-order chi connectivity index (χ1) is 12.9. The summed E-state index contributed by atoms with van der Waals surface area (Å²) in [5.74, 6) is -3.95. The number of aliphatic carboxylic acids is 1. The van der Waals surface area contributed by atoms with Crippen LogP contribution in [0, 0.1) is 5.92 Å². The Hall–Kier alpha value is -3.35. The van der Waals surface area contributed by atoms with E-state index in [9.17, 15) is 14.7 Å². The van der Waals surface area contributed by atoms with Gasteiger partial charge in [0.1, 0.15) is 6.61 Å². The molecular weight excluding hydrogens is 348 g/mol. The maximum Gasteiger partial charge on any atom is 0.330 e. The number of ether oxygens (including phenoxy) is 1. The van der Waals surface area contributed by atoms with E-state index in [1.54, 1.807) is 0 Å². The maximum absolute atomic E-state index is 12.4. The van der Waals surface area contributed by atoms with E-state index in [1.165, 1.54) is 6.92 Å². The number of azide groups is 1. The minimum atomic E-state index is -2.41. The lowest BCUT2D eigenvalue weighted by Gasteiger charge is -2.25. The van der Waals surface area contributed by atoms with E-state index in [4.69, 9.17) is 16.0 Å². The summed E-state index contributed by atoms with van der Waals surface area (Å²) in [5, 5.41) is 12.3. The molecule has 0 bridgehead atoms. The molecule has 3 N–H and O–H groups in total. The molecule has 2 unspecified atom stereocenters. The molecule has 138 valence electrons. The highest BCUT2D eigenvalue weighted by Crippen LogP contribution is 2.44. The molecule has 0 aliphatic heterocycles. The lowest BCUT2D eigenvalue weighted by Crippen LogP contribution is -2.54. The van der Waals surface area contributed by atoms with E-state index in [0.717, 1.165) is 22.3 Å². The second-order valence-electron chi connectivity index (χ2n) is 6.40. The van der Waals surface area contributed by atoms with Gasteiger partial charge in [0.15, 0.2) is 0 Å². The van der Waals surface area contributed by atoms with Crippen LogP contribution in [0.5, 0.6) is 0 Å². The zero-order chi connectivity index (χ0) is 19.6. The number of carboxylic acid groups (broad SMARTS) is 1. The normalized spacial score (nSPS) is 15.6. The van der Waals surface area contributed by atoms with E-state index >= 15 is 0 Å². The monoisotopic (exact) mass is 366 g/mol. The van der Waals surface area contributed by atoms with Crippen LogP contribution in [0.1, 0.15) is 24.0 Å². The molecule has 1 aliphatic carbocycles. The molecule has 27 heavy (non-hydrogen) atoms. The molecule has 2 aromatic carbocycles. The summed E-state index contributed by atoms with van der Waals surface area (Å²) in [6.45, 7) is 1.30. The summed E-state index contributed by atoms with van der Waals surface area (Å²) in [7, 11) is 0. The fraction of sp³-hybridized carbons (Fsp3) is 0.263. The van der Waals surface area contributed by atoms with Gasteiger partial charge in [0, 0.05) is 10.8 Å². The largest absolute Gasteiger partial charge is 0.480 e. The molecule has 0 spiro atoms. The number of hydrogen-bond acceptors (Lipinski definition) is 5. The first-order valence-electron chi connectivity index (χ1n) is 8.33.